The number of para-hydroxylation sites is 2. The maximum absolute atomic E-state index is 14.1. The SMILES string of the molecule is CC.CC.CC(C)(C)OC=O.CC1=CC(=Nc2ccc(N(CCCCCCCCN(C)c3cc4c(cc3C)nc3cc(C)c(NC(=O)OC(C)(C)C)cc3[n+]4-c3ccccc3)C(=O)OC(C)(C)C)c(C)c2[NH2+]c2ccccc2)CC=C1NC(=O)OC(C)(C)C. The van der Waals surface area contributed by atoms with Crippen LogP contribution in [0.5, 0.6) is 0 Å². The maximum Gasteiger partial charge on any atom is 0.414 e. The van der Waals surface area contributed by atoms with Gasteiger partial charge in [0.2, 0.25) is 16.7 Å². The number of aryl methyl sites for hydroxylation is 2. The molecular formula is C73H104N8O8+2. The van der Waals surface area contributed by atoms with Gasteiger partial charge in [0.1, 0.15) is 44.8 Å². The quantitative estimate of drug-likeness (QED) is 0.0187. The van der Waals surface area contributed by atoms with Gasteiger partial charge in [0.25, 0.3) is 6.47 Å². The summed E-state index contributed by atoms with van der Waals surface area (Å²) in [7, 11) is 2.16. The first-order valence-corrected chi connectivity index (χ1v) is 31.6. The van der Waals surface area contributed by atoms with Crippen molar-refractivity contribution in [3.63, 3.8) is 0 Å². The molecule has 0 saturated heterocycles. The first-order valence-electron chi connectivity index (χ1n) is 31.6. The predicted molar refractivity (Wildman–Crippen MR) is 366 cm³/mol. The molecule has 482 valence electrons. The average molecular weight is 1220 g/mol. The van der Waals surface area contributed by atoms with E-state index < -0.39 is 29.0 Å². The maximum atomic E-state index is 14.1. The zero-order chi connectivity index (χ0) is 66.4. The number of alkyl carbamates (subject to hydrolysis) is 1. The number of nitrogens with zero attached hydrogens (tertiary/aromatic N) is 5. The van der Waals surface area contributed by atoms with E-state index in [1.54, 1.807) is 4.90 Å². The minimum atomic E-state index is -0.678. The van der Waals surface area contributed by atoms with Crippen LogP contribution in [0, 0.1) is 20.8 Å². The molecule has 0 radical (unpaired) electrons. The molecular weight excluding hydrogens is 1120 g/mol. The molecule has 1 aliphatic rings. The van der Waals surface area contributed by atoms with Gasteiger partial charge in [0, 0.05) is 73.5 Å². The third-order valence-corrected chi connectivity index (χ3v) is 13.6. The minimum absolute atomic E-state index is 0.318. The number of carbonyl (C=O) groups is 4. The molecule has 4 N–H and O–H groups in total. The molecule has 0 aliphatic heterocycles. The molecule has 6 aromatic rings. The summed E-state index contributed by atoms with van der Waals surface area (Å²) in [5.74, 6) is 0. The van der Waals surface area contributed by atoms with Crippen LogP contribution in [0.15, 0.2) is 125 Å². The van der Waals surface area contributed by atoms with Crippen LogP contribution in [0.1, 0.15) is 179 Å². The first kappa shape index (κ1) is 73.4. The van der Waals surface area contributed by atoms with Crippen molar-refractivity contribution >= 4 is 86.7 Å². The number of hydrogen-bond acceptors (Lipinski definition) is 11. The lowest BCUT2D eigenvalue weighted by Gasteiger charge is -2.29. The molecule has 0 unspecified atom stereocenters. The van der Waals surface area contributed by atoms with Gasteiger partial charge in [-0.25, -0.2) is 24.4 Å². The Balaban J connectivity index is 0.00000142. The minimum Gasteiger partial charge on any atom is -0.462 e. The second-order valence-corrected chi connectivity index (χ2v) is 25.8. The van der Waals surface area contributed by atoms with Gasteiger partial charge in [0.15, 0.2) is 5.69 Å². The number of ether oxygens (including phenoxy) is 4. The molecule has 7 rings (SSSR count). The summed E-state index contributed by atoms with van der Waals surface area (Å²) in [6.07, 6.45) is 9.09. The van der Waals surface area contributed by atoms with Crippen LogP contribution in [0.2, 0.25) is 0 Å². The number of quaternary nitrogens is 1. The Morgan fingerprint density at radius 1 is 0.629 bits per heavy atom. The van der Waals surface area contributed by atoms with Crippen molar-refractivity contribution in [2.75, 3.05) is 35.3 Å². The summed E-state index contributed by atoms with van der Waals surface area (Å²) in [5.41, 5.74) is 13.0. The largest absolute Gasteiger partial charge is 0.462 e. The third-order valence-electron chi connectivity index (χ3n) is 13.6. The molecule has 0 fully saturated rings. The fourth-order valence-corrected chi connectivity index (χ4v) is 9.72. The van der Waals surface area contributed by atoms with Gasteiger partial charge in [-0.3, -0.25) is 25.6 Å². The highest BCUT2D eigenvalue weighted by molar-refractivity contribution is 6.01. The Morgan fingerprint density at radius 3 is 1.70 bits per heavy atom. The highest BCUT2D eigenvalue weighted by atomic mass is 16.6. The van der Waals surface area contributed by atoms with E-state index in [1.807, 2.05) is 197 Å². The van der Waals surface area contributed by atoms with Crippen LogP contribution in [-0.4, -0.2) is 78.0 Å². The average Bonchev–Trinajstić information content (AvgIpc) is 0.777. The fraction of sp³-hybridized carbons (Fsp3) is 0.466. The van der Waals surface area contributed by atoms with Gasteiger partial charge in [-0.15, -0.1) is 4.57 Å². The summed E-state index contributed by atoms with van der Waals surface area (Å²) >= 11 is 0. The summed E-state index contributed by atoms with van der Waals surface area (Å²) < 4.78 is 23.9. The Kier molecular flexibility index (Phi) is 27.6. The topological polar surface area (TPSA) is 181 Å². The number of anilines is 3. The molecule has 89 heavy (non-hydrogen) atoms. The van der Waals surface area contributed by atoms with Gasteiger partial charge in [-0.2, -0.15) is 0 Å². The Bertz CT molecular complexity index is 3420. The number of unbranched alkanes of at least 4 members (excludes halogenated alkanes) is 5. The molecule has 1 heterocycles. The number of fused-ring (bicyclic) bond motifs is 2. The number of carbonyl (C=O) groups excluding carboxylic acids is 4. The van der Waals surface area contributed by atoms with E-state index in [9.17, 15) is 19.2 Å². The van der Waals surface area contributed by atoms with Crippen molar-refractivity contribution in [3.8, 4) is 5.69 Å². The zero-order valence-electron chi connectivity index (χ0n) is 57.4. The molecule has 0 atom stereocenters. The van der Waals surface area contributed by atoms with Crippen molar-refractivity contribution in [3.05, 3.63) is 137 Å². The number of nitrogens with two attached hydrogens (primary N) is 1. The van der Waals surface area contributed by atoms with Crippen molar-refractivity contribution < 1.29 is 48.0 Å². The molecule has 0 spiro atoms. The van der Waals surface area contributed by atoms with Crippen molar-refractivity contribution in [2.24, 2.45) is 4.99 Å². The number of amides is 3. The second-order valence-electron chi connectivity index (χ2n) is 25.8. The van der Waals surface area contributed by atoms with Crippen molar-refractivity contribution in [1.82, 2.24) is 10.3 Å². The van der Waals surface area contributed by atoms with Gasteiger partial charge in [0.05, 0.1) is 11.4 Å². The molecule has 5 aromatic carbocycles. The van der Waals surface area contributed by atoms with E-state index in [2.05, 4.69) is 87.4 Å². The summed E-state index contributed by atoms with van der Waals surface area (Å²) in [5, 5.41) is 7.98. The van der Waals surface area contributed by atoms with Crippen LogP contribution in [0.4, 0.5) is 48.5 Å². The van der Waals surface area contributed by atoms with Crippen molar-refractivity contribution in [2.45, 2.75) is 206 Å². The summed E-state index contributed by atoms with van der Waals surface area (Å²) in [4.78, 5) is 63.7. The highest BCUT2D eigenvalue weighted by Gasteiger charge is 2.29. The van der Waals surface area contributed by atoms with Gasteiger partial charge in [-0.1, -0.05) is 95.9 Å². The Hall–Kier alpha value is -8.11. The van der Waals surface area contributed by atoms with Crippen LogP contribution in [0.3, 0.4) is 0 Å². The number of nitrogens with one attached hydrogen (secondary N) is 2. The second kappa shape index (κ2) is 33.5. The Morgan fingerprint density at radius 2 is 1.16 bits per heavy atom. The van der Waals surface area contributed by atoms with E-state index in [4.69, 9.17) is 24.2 Å². The predicted octanol–water partition coefficient (Wildman–Crippen LogP) is 17.5. The van der Waals surface area contributed by atoms with Crippen LogP contribution in [0.25, 0.3) is 27.8 Å². The monoisotopic (exact) mass is 1220 g/mol. The molecule has 3 amide bonds. The number of aliphatic imine (C=N–C) groups is 1. The number of aromatic nitrogens is 2. The van der Waals surface area contributed by atoms with Crippen LogP contribution >= 0.6 is 0 Å². The smallest absolute Gasteiger partial charge is 0.414 e. The molecule has 16 heteroatoms. The molecule has 1 aliphatic carbocycles. The highest BCUT2D eigenvalue weighted by Crippen LogP contribution is 2.36. The first-order chi connectivity index (χ1) is 41.9. The fourth-order valence-electron chi connectivity index (χ4n) is 9.72. The molecule has 0 saturated carbocycles. The lowest BCUT2D eigenvalue weighted by Crippen LogP contribution is -2.71. The van der Waals surface area contributed by atoms with E-state index in [0.717, 1.165) is 129 Å². The van der Waals surface area contributed by atoms with Crippen molar-refractivity contribution in [1.29, 1.82) is 0 Å². The summed E-state index contributed by atoms with van der Waals surface area (Å²) in [6, 6.07) is 32.8. The van der Waals surface area contributed by atoms with E-state index in [0.29, 0.717) is 30.8 Å². The number of hydrogen-bond donors (Lipinski definition) is 3. The number of allylic oxidation sites excluding steroid dienone is 3. The standard InChI is InChI=1S/C64H80N8O6.C5H10O2.2C2H6/c1-42-37-47(31-32-49(42)68-59(73)76-62(5,6)7)65-50-33-34-54(45(4)58(50)66-46-27-21-19-22-28-46)71(61(75)78-64(11,12)13)36-26-18-16-15-17-25-35-70(14)55-41-57-53(39-44(55)3)67-52-38-43(2)51(69-60(74)77-63(8,9)10)40-56(52)72(57)48-29-23-20-24-30-48;1-5(2,3)7-4-6;2*1-2/h19-24,27-30,32-34,37-41,66H,15-18,25-26,31,35-36H2,1-14H3,(H,68,73);4H,1-3H3;2*1-2H3/p+2. The summed E-state index contributed by atoms with van der Waals surface area (Å²) in [6.45, 7) is 40.2. The van der Waals surface area contributed by atoms with E-state index in [1.165, 1.54) is 0 Å². The van der Waals surface area contributed by atoms with Crippen LogP contribution in [-0.2, 0) is 23.7 Å². The molecule has 1 aromatic heterocycles. The van der Waals surface area contributed by atoms with Crippen LogP contribution < -0.4 is 30.3 Å². The Labute approximate surface area is 531 Å². The van der Waals surface area contributed by atoms with Gasteiger partial charge >= 0.3 is 18.3 Å². The lowest BCUT2D eigenvalue weighted by molar-refractivity contribution is -0.538. The van der Waals surface area contributed by atoms with Gasteiger partial charge < -0.3 is 23.8 Å². The third kappa shape index (κ3) is 23.4. The number of rotatable bonds is 18. The normalized spacial score (nSPS) is 12.8. The number of benzene rings is 5. The van der Waals surface area contributed by atoms with Gasteiger partial charge in [-0.05, 0) is 183 Å². The van der Waals surface area contributed by atoms with E-state index >= 15 is 0 Å². The lowest BCUT2D eigenvalue weighted by atomic mass is 10.0. The van der Waals surface area contributed by atoms with E-state index in [-0.39, 0.29) is 11.7 Å². The zero-order valence-corrected chi connectivity index (χ0v) is 57.4. The molecule has 16 nitrogen and oxygen atoms in total. The molecule has 0 bridgehead atoms.